The van der Waals surface area contributed by atoms with E-state index in [4.69, 9.17) is 74.5 Å². The highest BCUT2D eigenvalue weighted by Crippen LogP contribution is 2.36. The Labute approximate surface area is 423 Å². The molecule has 404 valence electrons. The lowest BCUT2D eigenvalue weighted by Gasteiger charge is -2.47. The summed E-state index contributed by atoms with van der Waals surface area (Å²) in [6, 6.07) is 0. The molecular weight excluding hydrogens is 987 g/mol. The maximum atomic E-state index is 11.3. The number of aliphatic hydroxyl groups is 10. The molecule has 70 heavy (non-hydrogen) atoms. The molecule has 12 saturated heterocycles. The Morgan fingerprint density at radius 3 is 1.21 bits per heavy atom. The third kappa shape index (κ3) is 15.2. The van der Waals surface area contributed by atoms with Gasteiger partial charge in [-0.2, -0.15) is 0 Å². The van der Waals surface area contributed by atoms with Gasteiger partial charge in [-0.05, 0) is 62.3 Å². The molecule has 0 radical (unpaired) electrons. The summed E-state index contributed by atoms with van der Waals surface area (Å²) in [5, 5.41) is 128. The van der Waals surface area contributed by atoms with Crippen LogP contribution >= 0.6 is 36.7 Å². The zero-order chi connectivity index (χ0) is 50.5. The van der Waals surface area contributed by atoms with Crippen molar-refractivity contribution >= 4 is 52.0 Å². The summed E-state index contributed by atoms with van der Waals surface area (Å²) in [4.78, 5) is 2.15. The first-order valence-electron chi connectivity index (χ1n) is 24.2. The predicted octanol–water partition coefficient (Wildman–Crippen LogP) is -6.51. The minimum absolute atomic E-state index is 0.125. The highest BCUT2D eigenvalue weighted by atomic mass is 32.1. The molecule has 16 unspecified atom stereocenters. The number of aliphatic hydroxyl groups excluding tert-OH is 10. The van der Waals surface area contributed by atoms with Gasteiger partial charge in [0.05, 0.1) is 37.6 Å². The van der Waals surface area contributed by atoms with Crippen LogP contribution < -0.4 is 31.9 Å². The van der Waals surface area contributed by atoms with E-state index in [0.717, 1.165) is 0 Å². The third-order valence-electron chi connectivity index (χ3n) is 13.7. The molecule has 12 aliphatic heterocycles. The molecule has 8 bridgehead atoms. The van der Waals surface area contributed by atoms with Crippen molar-refractivity contribution < 1.29 is 89.0 Å². The van der Waals surface area contributed by atoms with E-state index in [1.807, 2.05) is 0 Å². The monoisotopic (exact) mass is 1060 g/mol. The average molecular weight is 1060 g/mol. The molecule has 0 saturated carbocycles. The van der Waals surface area contributed by atoms with Gasteiger partial charge >= 0.3 is 0 Å². The zero-order valence-corrected chi connectivity index (χ0v) is 41.6. The van der Waals surface area contributed by atoms with Crippen LogP contribution in [0.3, 0.4) is 0 Å². The minimum atomic E-state index is -1.55. The number of ether oxygens (including phenoxy) is 8. The van der Waals surface area contributed by atoms with Gasteiger partial charge in [-0.3, -0.25) is 4.90 Å². The summed E-state index contributed by atoms with van der Waals surface area (Å²) < 4.78 is 47.0. The fourth-order valence-electron chi connectivity index (χ4n) is 9.62. The van der Waals surface area contributed by atoms with Crippen LogP contribution in [0.4, 0.5) is 0 Å². The van der Waals surface area contributed by atoms with E-state index in [1.54, 1.807) is 7.05 Å². The van der Waals surface area contributed by atoms with Crippen LogP contribution in [0.1, 0.15) is 38.5 Å². The number of hydrogen-bond acceptors (Lipinski definition) is 22. The largest absolute Gasteiger partial charge is 0.394 e. The highest BCUT2D eigenvalue weighted by molar-refractivity contribution is 7.80. The van der Waals surface area contributed by atoms with Crippen molar-refractivity contribution in [3.8, 4) is 0 Å². The van der Waals surface area contributed by atoms with Crippen LogP contribution in [-0.2, 0) is 37.9 Å². The second kappa shape index (κ2) is 28.3. The predicted molar refractivity (Wildman–Crippen MR) is 257 cm³/mol. The lowest BCUT2D eigenvalue weighted by atomic mass is 9.84. The molecule has 25 nitrogen and oxygen atoms in total. The van der Waals surface area contributed by atoms with Crippen molar-refractivity contribution in [3.63, 3.8) is 0 Å². The van der Waals surface area contributed by atoms with Crippen molar-refractivity contribution in [2.45, 2.75) is 149 Å². The lowest BCUT2D eigenvalue weighted by molar-refractivity contribution is -0.355. The van der Waals surface area contributed by atoms with Gasteiger partial charge in [0.2, 0.25) is 0 Å². The van der Waals surface area contributed by atoms with E-state index >= 15 is 0 Å². The molecule has 12 aliphatic rings. The van der Waals surface area contributed by atoms with E-state index in [2.05, 4.69) is 36.8 Å². The van der Waals surface area contributed by atoms with Crippen LogP contribution in [-0.4, -0.2) is 268 Å². The number of rotatable bonds is 15. The van der Waals surface area contributed by atoms with Crippen LogP contribution in [0.15, 0.2) is 0 Å². The van der Waals surface area contributed by atoms with Crippen molar-refractivity contribution in [1.82, 2.24) is 36.8 Å². The molecule has 12 rings (SSSR count). The van der Waals surface area contributed by atoms with Gasteiger partial charge in [-0.1, -0.05) is 12.8 Å². The number of hydrogen-bond donors (Lipinski definition) is 16. The first-order chi connectivity index (χ1) is 33.6. The standard InChI is InChI=1S/C42H75N7O18S3/c1-43-40(68)44-8-11-49(12-9-45-41(69)47-16-22-20-6-2-4-14-60-36-32(58)28(54)34(24(18-50)64-36)66-38(62-22)30(56)26(20)52)13-10-46-42(70)48-17-23-21-7-3-5-15-61-37-33(59)29(55)35(25(19-51)65-37)67-39(63-23)31(57)27(21)53/h20-39,50-59H,2-19H2,1H3,(H2,43,44,68)(H2,45,47,69)(H2,46,48,70)/t20?,21?,22?,23?,24?,25?,26?,27?,28?,29?,30?,31?,32?,33?,34?,35?,36-,37-,38+,39+/m1/s1. The topological polar surface area (TPSA) is 352 Å². The summed E-state index contributed by atoms with van der Waals surface area (Å²) in [7, 11) is 1.72. The summed E-state index contributed by atoms with van der Waals surface area (Å²) in [6.07, 6.45) is -20.0. The van der Waals surface area contributed by atoms with Gasteiger partial charge in [0, 0.05) is 84.5 Å². The number of nitrogens with one attached hydrogen (secondary N) is 6. The minimum Gasteiger partial charge on any atom is -0.394 e. The maximum absolute atomic E-state index is 11.3. The van der Waals surface area contributed by atoms with E-state index in [0.29, 0.717) is 93.1 Å². The van der Waals surface area contributed by atoms with Crippen molar-refractivity contribution in [1.29, 1.82) is 0 Å². The first-order valence-corrected chi connectivity index (χ1v) is 25.4. The van der Waals surface area contributed by atoms with Gasteiger partial charge in [-0.15, -0.1) is 0 Å². The van der Waals surface area contributed by atoms with Crippen LogP contribution in [0.25, 0.3) is 0 Å². The normalized spacial score (nSPS) is 40.5. The molecule has 0 aromatic heterocycles. The van der Waals surface area contributed by atoms with Crippen molar-refractivity contribution in [2.24, 2.45) is 11.8 Å². The molecule has 0 amide bonds. The molecular formula is C42H75N7O18S3. The average Bonchev–Trinajstić information content (AvgIpc) is 3.35. The van der Waals surface area contributed by atoms with Gasteiger partial charge in [-0.25, -0.2) is 0 Å². The fourth-order valence-corrected chi connectivity index (χ4v) is 10.1. The van der Waals surface area contributed by atoms with Crippen LogP contribution in [0.2, 0.25) is 0 Å². The smallest absolute Gasteiger partial charge is 0.186 e. The van der Waals surface area contributed by atoms with E-state index < -0.39 is 136 Å². The first kappa shape index (κ1) is 57.6. The summed E-state index contributed by atoms with van der Waals surface area (Å²) >= 11 is 16.5. The zero-order valence-electron chi connectivity index (χ0n) is 39.2. The number of nitrogens with zero attached hydrogens (tertiary/aromatic N) is 1. The summed E-state index contributed by atoms with van der Waals surface area (Å²) in [5.41, 5.74) is 0. The second-order valence-corrected chi connectivity index (χ2v) is 19.6. The highest BCUT2D eigenvalue weighted by Gasteiger charge is 2.53. The van der Waals surface area contributed by atoms with Crippen molar-refractivity contribution in [2.75, 3.05) is 85.8 Å². The van der Waals surface area contributed by atoms with E-state index in [1.165, 1.54) is 0 Å². The molecule has 0 aromatic rings. The molecule has 0 aliphatic carbocycles. The molecule has 12 fully saturated rings. The Bertz CT molecular complexity index is 1530. The Balaban J connectivity index is 0.992. The molecule has 28 heteroatoms. The number of thiocarbonyl (C=S) groups is 3. The quantitative estimate of drug-likeness (QED) is 0.0678. The van der Waals surface area contributed by atoms with Crippen LogP contribution in [0.5, 0.6) is 0 Å². The van der Waals surface area contributed by atoms with Gasteiger partial charge in [0.1, 0.15) is 61.0 Å². The Kier molecular flexibility index (Phi) is 23.3. The van der Waals surface area contributed by atoms with Gasteiger partial charge in [0.15, 0.2) is 40.5 Å². The molecule has 20 atom stereocenters. The lowest BCUT2D eigenvalue weighted by Crippen LogP contribution is -2.64. The van der Waals surface area contributed by atoms with Crippen molar-refractivity contribution in [3.05, 3.63) is 0 Å². The SMILES string of the molecule is CNC(=S)NCCN(CCNC(=S)NCC1O[C@H]2OC3C(CO)O[C@@H](OCCCCC1C(O)C2O)C(O)C3O)CCNC(=S)NCC1O[C@H]2OC3C(CO)O[C@@H](OCCCCC1C(O)C2O)C(O)C3O. The Hall–Kier alpha value is -1.69. The molecule has 0 aromatic carbocycles. The van der Waals surface area contributed by atoms with Gasteiger partial charge < -0.3 is 121 Å². The summed E-state index contributed by atoms with van der Waals surface area (Å²) in [6.45, 7) is 2.48. The molecule has 12 heterocycles. The van der Waals surface area contributed by atoms with Gasteiger partial charge in [0.25, 0.3) is 0 Å². The Morgan fingerprint density at radius 1 is 0.457 bits per heavy atom. The maximum Gasteiger partial charge on any atom is 0.186 e. The summed E-state index contributed by atoms with van der Waals surface area (Å²) in [5.74, 6) is -1.05. The van der Waals surface area contributed by atoms with Crippen LogP contribution in [0, 0.1) is 11.8 Å². The van der Waals surface area contributed by atoms with E-state index in [9.17, 15) is 51.1 Å². The molecule has 0 spiro atoms. The third-order valence-corrected chi connectivity index (χ3v) is 14.6. The molecule has 16 N–H and O–H groups in total. The second-order valence-electron chi connectivity index (χ2n) is 18.3. The fraction of sp³-hybridized carbons (Fsp3) is 0.929. The Morgan fingerprint density at radius 2 is 0.829 bits per heavy atom. The van der Waals surface area contributed by atoms with E-state index in [-0.39, 0.29) is 26.3 Å².